The van der Waals surface area contributed by atoms with Gasteiger partial charge >= 0.3 is 0 Å². The first kappa shape index (κ1) is 27.0. The number of nitro benzene ring substituents is 1. The Morgan fingerprint density at radius 3 is 2.31 bits per heavy atom. The third-order valence-electron chi connectivity index (χ3n) is 6.25. The number of halogens is 1. The molecule has 1 fully saturated rings. The number of nitro groups is 1. The van der Waals surface area contributed by atoms with E-state index in [1.54, 1.807) is 29.2 Å². The van der Waals surface area contributed by atoms with Gasteiger partial charge in [0, 0.05) is 35.5 Å². The Hall–Kier alpha value is -2.58. The smallest absolute Gasteiger partial charge is 0.269 e. The van der Waals surface area contributed by atoms with Crippen molar-refractivity contribution in [3.63, 3.8) is 0 Å². The monoisotopic (exact) mass is 517 g/mol. The van der Waals surface area contributed by atoms with Gasteiger partial charge in [0.2, 0.25) is 11.8 Å². The maximum atomic E-state index is 13.4. The van der Waals surface area contributed by atoms with Gasteiger partial charge in [-0.2, -0.15) is 0 Å². The molecule has 0 heterocycles. The minimum atomic E-state index is -0.555. The normalized spacial score (nSPS) is 14.8. The molecule has 0 aliphatic heterocycles. The highest BCUT2D eigenvalue weighted by Crippen LogP contribution is 2.21. The number of non-ortho nitro benzene ring substituents is 1. The second-order valence-electron chi connectivity index (χ2n) is 8.83. The van der Waals surface area contributed by atoms with E-state index in [0.717, 1.165) is 36.8 Å². The molecule has 1 atom stereocenters. The van der Waals surface area contributed by atoms with E-state index in [1.807, 2.05) is 19.1 Å². The minimum absolute atomic E-state index is 0.0405. The summed E-state index contributed by atoms with van der Waals surface area (Å²) >= 11 is 7.46. The molecule has 0 aromatic heterocycles. The van der Waals surface area contributed by atoms with E-state index in [2.05, 4.69) is 5.32 Å². The summed E-state index contributed by atoms with van der Waals surface area (Å²) in [5.41, 5.74) is 1.85. The lowest BCUT2D eigenvalue weighted by Crippen LogP contribution is -2.52. The van der Waals surface area contributed by atoms with Crippen LogP contribution >= 0.6 is 23.4 Å². The van der Waals surface area contributed by atoms with Gasteiger partial charge in [-0.1, -0.05) is 62.1 Å². The van der Waals surface area contributed by atoms with Crippen LogP contribution in [0.25, 0.3) is 0 Å². The van der Waals surface area contributed by atoms with Gasteiger partial charge in [0.05, 0.1) is 10.7 Å². The summed E-state index contributed by atoms with van der Waals surface area (Å²) in [7, 11) is 0. The van der Waals surface area contributed by atoms with Crippen LogP contribution in [0, 0.1) is 10.1 Å². The summed E-state index contributed by atoms with van der Waals surface area (Å²) in [6, 6.07) is 13.3. The maximum absolute atomic E-state index is 13.4. The summed E-state index contributed by atoms with van der Waals surface area (Å²) in [6.45, 7) is 2.25. The molecule has 3 rings (SSSR count). The minimum Gasteiger partial charge on any atom is -0.352 e. The van der Waals surface area contributed by atoms with Gasteiger partial charge in [-0.25, -0.2) is 0 Å². The van der Waals surface area contributed by atoms with Crippen molar-refractivity contribution < 1.29 is 14.5 Å². The van der Waals surface area contributed by atoms with Gasteiger partial charge in [0.1, 0.15) is 6.04 Å². The van der Waals surface area contributed by atoms with Gasteiger partial charge in [-0.3, -0.25) is 19.7 Å². The van der Waals surface area contributed by atoms with Gasteiger partial charge < -0.3 is 10.2 Å². The van der Waals surface area contributed by atoms with E-state index in [0.29, 0.717) is 23.7 Å². The molecule has 0 spiro atoms. The molecule has 2 aromatic rings. The second kappa shape index (κ2) is 13.5. The molecule has 0 bridgehead atoms. The lowest BCUT2D eigenvalue weighted by atomic mass is 9.95. The van der Waals surface area contributed by atoms with Crippen LogP contribution in [-0.4, -0.2) is 39.5 Å². The van der Waals surface area contributed by atoms with E-state index < -0.39 is 11.0 Å². The average molecular weight is 518 g/mol. The van der Waals surface area contributed by atoms with E-state index >= 15 is 0 Å². The van der Waals surface area contributed by atoms with Crippen LogP contribution in [0.5, 0.6) is 0 Å². The lowest BCUT2D eigenvalue weighted by Gasteiger charge is -2.32. The Balaban J connectivity index is 1.67. The molecule has 188 valence electrons. The van der Waals surface area contributed by atoms with E-state index in [9.17, 15) is 19.7 Å². The third-order valence-corrected chi connectivity index (χ3v) is 7.49. The molecular formula is C26H32ClN3O4S. The highest BCUT2D eigenvalue weighted by Gasteiger charge is 2.30. The SMILES string of the molecule is CCC(C(=O)NC1CCCCC1)N(Cc1ccc(Cl)cc1)C(=O)CSCc1ccc([N+](=O)[O-])cc1. The van der Waals surface area contributed by atoms with E-state index in [4.69, 9.17) is 11.6 Å². The van der Waals surface area contributed by atoms with Gasteiger partial charge in [-0.15, -0.1) is 11.8 Å². The zero-order valence-electron chi connectivity index (χ0n) is 20.0. The predicted octanol–water partition coefficient (Wildman–Crippen LogP) is 5.74. The Morgan fingerprint density at radius 2 is 1.71 bits per heavy atom. The summed E-state index contributed by atoms with van der Waals surface area (Å²) < 4.78 is 0. The standard InChI is InChI=1S/C26H32ClN3O4S/c1-2-24(26(32)28-22-6-4-3-5-7-22)29(16-19-8-12-21(27)13-9-19)25(31)18-35-17-20-10-14-23(15-11-20)30(33)34/h8-15,22,24H,2-7,16-18H2,1H3,(H,28,32). The molecule has 35 heavy (non-hydrogen) atoms. The number of hydrogen-bond acceptors (Lipinski definition) is 5. The molecule has 1 N–H and O–H groups in total. The fourth-order valence-corrected chi connectivity index (χ4v) is 5.30. The van der Waals surface area contributed by atoms with Crippen LogP contribution in [-0.2, 0) is 21.9 Å². The molecule has 2 aromatic carbocycles. The largest absolute Gasteiger partial charge is 0.352 e. The Kier molecular flexibility index (Phi) is 10.4. The highest BCUT2D eigenvalue weighted by molar-refractivity contribution is 7.99. The van der Waals surface area contributed by atoms with Crippen molar-refractivity contribution in [1.82, 2.24) is 10.2 Å². The Bertz CT molecular complexity index is 995. The molecule has 0 saturated heterocycles. The number of carbonyl (C=O) groups is 2. The predicted molar refractivity (Wildman–Crippen MR) is 140 cm³/mol. The number of carbonyl (C=O) groups excluding carboxylic acids is 2. The van der Waals surface area contributed by atoms with Gasteiger partial charge in [0.15, 0.2) is 0 Å². The molecule has 1 unspecified atom stereocenters. The van der Waals surface area contributed by atoms with E-state index in [1.165, 1.54) is 30.3 Å². The summed E-state index contributed by atoms with van der Waals surface area (Å²) in [5, 5.41) is 14.6. The van der Waals surface area contributed by atoms with Crippen molar-refractivity contribution in [2.24, 2.45) is 0 Å². The molecule has 9 heteroatoms. The fraction of sp³-hybridized carbons (Fsp3) is 0.462. The highest BCUT2D eigenvalue weighted by atomic mass is 35.5. The zero-order chi connectivity index (χ0) is 25.2. The third kappa shape index (κ3) is 8.25. The van der Waals surface area contributed by atoms with Crippen molar-refractivity contribution in [2.45, 2.75) is 69.8 Å². The number of nitrogens with zero attached hydrogens (tertiary/aromatic N) is 2. The molecule has 2 amide bonds. The van der Waals surface area contributed by atoms with Crippen LogP contribution in [0.1, 0.15) is 56.6 Å². The van der Waals surface area contributed by atoms with Crippen molar-refractivity contribution in [1.29, 1.82) is 0 Å². The van der Waals surface area contributed by atoms with Crippen LogP contribution in [0.15, 0.2) is 48.5 Å². The summed E-state index contributed by atoms with van der Waals surface area (Å²) in [5.74, 6) is 0.543. The first-order valence-corrected chi connectivity index (χ1v) is 13.6. The van der Waals surface area contributed by atoms with Crippen molar-refractivity contribution in [3.05, 3.63) is 74.8 Å². The molecular weight excluding hydrogens is 486 g/mol. The van der Waals surface area contributed by atoms with Crippen LogP contribution in [0.2, 0.25) is 5.02 Å². The van der Waals surface area contributed by atoms with Crippen LogP contribution in [0.4, 0.5) is 5.69 Å². The molecule has 1 aliphatic carbocycles. The lowest BCUT2D eigenvalue weighted by molar-refractivity contribution is -0.384. The summed E-state index contributed by atoms with van der Waals surface area (Å²) in [4.78, 5) is 38.7. The maximum Gasteiger partial charge on any atom is 0.269 e. The molecule has 7 nitrogen and oxygen atoms in total. The van der Waals surface area contributed by atoms with Gasteiger partial charge in [-0.05, 0) is 42.5 Å². The number of benzene rings is 2. The number of thioether (sulfide) groups is 1. The first-order chi connectivity index (χ1) is 16.9. The fourth-order valence-electron chi connectivity index (χ4n) is 4.30. The van der Waals surface area contributed by atoms with Crippen molar-refractivity contribution >= 4 is 40.9 Å². The Morgan fingerprint density at radius 1 is 1.09 bits per heavy atom. The number of hydrogen-bond donors (Lipinski definition) is 1. The second-order valence-corrected chi connectivity index (χ2v) is 10.3. The average Bonchev–Trinajstić information content (AvgIpc) is 2.86. The van der Waals surface area contributed by atoms with Crippen LogP contribution < -0.4 is 5.32 Å². The number of nitrogens with one attached hydrogen (secondary N) is 1. The van der Waals surface area contributed by atoms with Crippen molar-refractivity contribution in [3.8, 4) is 0 Å². The summed E-state index contributed by atoms with van der Waals surface area (Å²) in [6.07, 6.45) is 5.93. The molecule has 0 radical (unpaired) electrons. The Labute approximate surface area is 215 Å². The van der Waals surface area contributed by atoms with Crippen molar-refractivity contribution in [2.75, 3.05) is 5.75 Å². The molecule has 1 aliphatic rings. The van der Waals surface area contributed by atoms with E-state index in [-0.39, 0.29) is 29.3 Å². The quantitative estimate of drug-likeness (QED) is 0.303. The number of amides is 2. The molecule has 1 saturated carbocycles. The topological polar surface area (TPSA) is 92.6 Å². The zero-order valence-corrected chi connectivity index (χ0v) is 21.5. The van der Waals surface area contributed by atoms with Gasteiger partial charge in [0.25, 0.3) is 5.69 Å². The number of rotatable bonds is 11. The first-order valence-electron chi connectivity index (χ1n) is 12.0. The van der Waals surface area contributed by atoms with Crippen LogP contribution in [0.3, 0.4) is 0 Å².